The van der Waals surface area contributed by atoms with Gasteiger partial charge in [0.25, 0.3) is 0 Å². The Morgan fingerprint density at radius 1 is 1.29 bits per heavy atom. The van der Waals surface area contributed by atoms with E-state index in [1.165, 1.54) is 12.1 Å². The van der Waals surface area contributed by atoms with E-state index in [2.05, 4.69) is 5.10 Å². The van der Waals surface area contributed by atoms with Gasteiger partial charge in [0.2, 0.25) is 0 Å². The molecule has 1 unspecified atom stereocenters. The largest absolute Gasteiger partial charge is 0.321 e. The highest BCUT2D eigenvalue weighted by molar-refractivity contribution is 6.35. The van der Waals surface area contributed by atoms with E-state index in [-0.39, 0.29) is 5.02 Å². The van der Waals surface area contributed by atoms with Gasteiger partial charge in [-0.25, -0.2) is 4.39 Å². The zero-order valence-corrected chi connectivity index (χ0v) is 13.8. The van der Waals surface area contributed by atoms with Crippen molar-refractivity contribution >= 4 is 23.2 Å². The Balaban J connectivity index is 2.37. The monoisotopic (exact) mass is 329 g/mol. The molecule has 6 heteroatoms. The summed E-state index contributed by atoms with van der Waals surface area (Å²) in [5.41, 5.74) is 8.06. The second-order valence-electron chi connectivity index (χ2n) is 5.44. The predicted octanol–water partition coefficient (Wildman–Crippen LogP) is 3.85. The predicted molar refractivity (Wildman–Crippen MR) is 84.2 cm³/mol. The molecule has 0 bridgehead atoms. The highest BCUT2D eigenvalue weighted by Crippen LogP contribution is 2.32. The first-order valence-electron chi connectivity index (χ1n) is 6.70. The lowest BCUT2D eigenvalue weighted by molar-refractivity contribution is 0.468. The Morgan fingerprint density at radius 2 is 1.95 bits per heavy atom. The van der Waals surface area contributed by atoms with Gasteiger partial charge in [-0.1, -0.05) is 30.1 Å². The minimum atomic E-state index is -0.818. The van der Waals surface area contributed by atoms with Crippen LogP contribution >= 0.6 is 23.2 Å². The Hall–Kier alpha value is -1.10. The van der Waals surface area contributed by atoms with Crippen molar-refractivity contribution in [2.75, 3.05) is 0 Å². The van der Waals surface area contributed by atoms with Crippen LogP contribution in [0.5, 0.6) is 0 Å². The lowest BCUT2D eigenvalue weighted by atomic mass is 9.88. The molecule has 0 saturated carbocycles. The smallest absolute Gasteiger partial charge is 0.142 e. The summed E-state index contributed by atoms with van der Waals surface area (Å²) in [6, 6.07) is 4.70. The maximum Gasteiger partial charge on any atom is 0.142 e. The van der Waals surface area contributed by atoms with Gasteiger partial charge >= 0.3 is 0 Å². The zero-order chi connectivity index (χ0) is 15.8. The molecule has 0 radical (unpaired) electrons. The molecule has 0 fully saturated rings. The molecule has 1 aromatic heterocycles. The van der Waals surface area contributed by atoms with Crippen LogP contribution in [0.1, 0.15) is 30.8 Å². The maximum atomic E-state index is 13.7. The fourth-order valence-corrected chi connectivity index (χ4v) is 2.94. The van der Waals surface area contributed by atoms with E-state index in [1.807, 2.05) is 27.0 Å². The summed E-state index contributed by atoms with van der Waals surface area (Å²) in [6.07, 6.45) is 1.35. The molecule has 3 nitrogen and oxygen atoms in total. The average molecular weight is 330 g/mol. The number of rotatable bonds is 4. The molecule has 114 valence electrons. The van der Waals surface area contributed by atoms with Crippen molar-refractivity contribution < 1.29 is 4.39 Å². The molecule has 1 aromatic carbocycles. The summed E-state index contributed by atoms with van der Waals surface area (Å²) in [6.45, 7) is 3.86. The van der Waals surface area contributed by atoms with Crippen LogP contribution in [0.15, 0.2) is 18.2 Å². The molecule has 0 amide bonds. The normalized spacial score (nSPS) is 14.2. The zero-order valence-electron chi connectivity index (χ0n) is 12.3. The van der Waals surface area contributed by atoms with Gasteiger partial charge < -0.3 is 5.73 Å². The van der Waals surface area contributed by atoms with Gasteiger partial charge in [-0.05, 0) is 37.1 Å². The molecular formula is C15H18Cl2FN3. The van der Waals surface area contributed by atoms with Crippen molar-refractivity contribution in [3.8, 4) is 0 Å². The van der Waals surface area contributed by atoms with E-state index in [1.54, 1.807) is 4.68 Å². The van der Waals surface area contributed by atoms with Crippen LogP contribution < -0.4 is 5.73 Å². The van der Waals surface area contributed by atoms with Crippen molar-refractivity contribution in [2.45, 2.75) is 32.2 Å². The molecule has 2 rings (SSSR count). The molecule has 0 aliphatic heterocycles. The van der Waals surface area contributed by atoms with Crippen molar-refractivity contribution in [2.24, 2.45) is 12.8 Å². The van der Waals surface area contributed by atoms with Crippen LogP contribution in [-0.4, -0.2) is 9.78 Å². The highest BCUT2D eigenvalue weighted by Gasteiger charge is 2.27. The van der Waals surface area contributed by atoms with Crippen LogP contribution in [0.2, 0.25) is 10.0 Å². The van der Waals surface area contributed by atoms with Crippen molar-refractivity contribution in [3.63, 3.8) is 0 Å². The molecule has 0 aliphatic carbocycles. The standard InChI is InChI=1S/C15H18Cl2FN3/c1-4-9-5-10(21(3)20-9)8-15(2,19)11-6-14(18)13(17)7-12(11)16/h5-7H,4,8,19H2,1-3H3. The second-order valence-corrected chi connectivity index (χ2v) is 6.26. The van der Waals surface area contributed by atoms with Crippen molar-refractivity contribution in [1.29, 1.82) is 0 Å². The van der Waals surface area contributed by atoms with Crippen LogP contribution in [-0.2, 0) is 25.4 Å². The molecule has 2 N–H and O–H groups in total. The third-order valence-electron chi connectivity index (χ3n) is 3.56. The second kappa shape index (κ2) is 5.95. The van der Waals surface area contributed by atoms with E-state index in [0.29, 0.717) is 17.0 Å². The van der Waals surface area contributed by atoms with E-state index in [0.717, 1.165) is 17.8 Å². The van der Waals surface area contributed by atoms with Crippen LogP contribution in [0.4, 0.5) is 4.39 Å². The van der Waals surface area contributed by atoms with Crippen LogP contribution in [0.3, 0.4) is 0 Å². The van der Waals surface area contributed by atoms with E-state index in [4.69, 9.17) is 28.9 Å². The molecular weight excluding hydrogens is 312 g/mol. The number of hydrogen-bond acceptors (Lipinski definition) is 2. The summed E-state index contributed by atoms with van der Waals surface area (Å²) < 4.78 is 15.5. The van der Waals surface area contributed by atoms with Gasteiger partial charge in [-0.2, -0.15) is 5.10 Å². The Labute approximate surface area is 133 Å². The third-order valence-corrected chi connectivity index (χ3v) is 4.17. The summed E-state index contributed by atoms with van der Waals surface area (Å²) in [7, 11) is 1.87. The molecule has 0 aliphatic rings. The number of nitrogens with zero attached hydrogens (tertiary/aromatic N) is 2. The number of halogens is 3. The molecule has 0 saturated heterocycles. The number of aromatic nitrogens is 2. The number of benzene rings is 1. The minimum Gasteiger partial charge on any atom is -0.321 e. The van der Waals surface area contributed by atoms with Crippen LogP contribution in [0, 0.1) is 5.82 Å². The number of hydrogen-bond donors (Lipinski definition) is 1. The highest BCUT2D eigenvalue weighted by atomic mass is 35.5. The molecule has 2 aromatic rings. The summed E-state index contributed by atoms with van der Waals surface area (Å²) in [5.74, 6) is -0.521. The SMILES string of the molecule is CCc1cc(CC(C)(N)c2cc(F)c(Cl)cc2Cl)n(C)n1. The Kier molecular flexibility index (Phi) is 4.61. The van der Waals surface area contributed by atoms with Crippen molar-refractivity contribution in [1.82, 2.24) is 9.78 Å². The first kappa shape index (κ1) is 16.3. The van der Waals surface area contributed by atoms with E-state index < -0.39 is 11.4 Å². The fourth-order valence-electron chi connectivity index (χ4n) is 2.34. The summed E-state index contributed by atoms with van der Waals surface area (Å²) >= 11 is 11.9. The first-order valence-corrected chi connectivity index (χ1v) is 7.46. The Morgan fingerprint density at radius 3 is 2.52 bits per heavy atom. The topological polar surface area (TPSA) is 43.8 Å². The first-order chi connectivity index (χ1) is 9.74. The van der Waals surface area contributed by atoms with Gasteiger partial charge in [0.15, 0.2) is 0 Å². The van der Waals surface area contributed by atoms with Gasteiger partial charge in [0.05, 0.1) is 10.7 Å². The van der Waals surface area contributed by atoms with Gasteiger partial charge in [-0.15, -0.1) is 0 Å². The van der Waals surface area contributed by atoms with E-state index in [9.17, 15) is 4.39 Å². The van der Waals surface area contributed by atoms with Gasteiger partial charge in [-0.3, -0.25) is 4.68 Å². The Bertz CT molecular complexity index is 665. The third kappa shape index (κ3) is 3.39. The molecule has 1 heterocycles. The maximum absolute atomic E-state index is 13.7. The van der Waals surface area contributed by atoms with Crippen molar-refractivity contribution in [3.05, 3.63) is 51.0 Å². The van der Waals surface area contributed by atoms with Gasteiger partial charge in [0, 0.05) is 29.7 Å². The average Bonchev–Trinajstić information content (AvgIpc) is 2.74. The van der Waals surface area contributed by atoms with E-state index >= 15 is 0 Å². The fraction of sp³-hybridized carbons (Fsp3) is 0.400. The lowest BCUT2D eigenvalue weighted by Crippen LogP contribution is -2.36. The summed E-state index contributed by atoms with van der Waals surface area (Å²) in [4.78, 5) is 0. The number of nitrogens with two attached hydrogens (primary N) is 1. The lowest BCUT2D eigenvalue weighted by Gasteiger charge is -2.26. The number of aryl methyl sites for hydroxylation is 2. The molecule has 0 spiro atoms. The minimum absolute atomic E-state index is 0.00616. The summed E-state index contributed by atoms with van der Waals surface area (Å²) in [5, 5.41) is 4.75. The quantitative estimate of drug-likeness (QED) is 0.866. The molecule has 1 atom stereocenters. The molecule has 21 heavy (non-hydrogen) atoms. The van der Waals surface area contributed by atoms with Crippen LogP contribution in [0.25, 0.3) is 0 Å². The van der Waals surface area contributed by atoms with Gasteiger partial charge in [0.1, 0.15) is 5.82 Å².